The number of nitrogens with one attached hydrogen (secondary N) is 1. The highest BCUT2D eigenvalue weighted by Gasteiger charge is 2.25. The minimum absolute atomic E-state index is 0.127. The highest BCUT2D eigenvalue weighted by atomic mass is 35.5. The minimum Gasteiger partial charge on any atom is -0.494 e. The van der Waals surface area contributed by atoms with Crippen LogP contribution in [0.1, 0.15) is 27.6 Å². The van der Waals surface area contributed by atoms with Gasteiger partial charge in [0.15, 0.2) is 18.1 Å². The third-order valence-corrected chi connectivity index (χ3v) is 7.43. The highest BCUT2D eigenvalue weighted by Crippen LogP contribution is 2.38. The molecule has 0 fully saturated rings. The molecule has 3 rings (SSSR count). The third kappa shape index (κ3) is 7.05. The first kappa shape index (κ1) is 29.9. The van der Waals surface area contributed by atoms with Crippen LogP contribution >= 0.6 is 23.2 Å². The number of carbonyl (C=O) groups is 2. The molecule has 39 heavy (non-hydrogen) atoms. The summed E-state index contributed by atoms with van der Waals surface area (Å²) in [7, 11) is -0.0290. The summed E-state index contributed by atoms with van der Waals surface area (Å²) in [5.41, 5.74) is 0.0673. The number of methoxy groups -OCH3 is 3. The lowest BCUT2D eigenvalue weighted by atomic mass is 10.1. The molecule has 0 atom stereocenters. The summed E-state index contributed by atoms with van der Waals surface area (Å²) >= 11 is 12.3. The van der Waals surface area contributed by atoms with Crippen molar-refractivity contribution < 1.29 is 41.7 Å². The summed E-state index contributed by atoms with van der Waals surface area (Å²) in [6, 6.07) is 11.1. The Hall–Kier alpha value is -3.67. The molecule has 0 unspecified atom stereocenters. The number of rotatable bonds is 12. The van der Waals surface area contributed by atoms with Gasteiger partial charge in [0.25, 0.3) is 10.0 Å². The van der Waals surface area contributed by atoms with Crippen molar-refractivity contribution in [1.82, 2.24) is 0 Å². The molecular weight excluding hydrogens is 573 g/mol. The summed E-state index contributed by atoms with van der Waals surface area (Å²) in [5.74, 6) is -0.290. The monoisotopic (exact) mass is 597 g/mol. The fourth-order valence-corrected chi connectivity index (χ4v) is 5.33. The SMILES string of the molecule is CCOc1ccc(NS(=O)(=O)c2cc(C(=O)OCC(=O)c3cc(OC)c(OC)c(OC)c3)c(Cl)cc2Cl)cc1. The van der Waals surface area contributed by atoms with Crippen LogP contribution in [-0.2, 0) is 14.8 Å². The number of hydrogen-bond donors (Lipinski definition) is 1. The van der Waals surface area contributed by atoms with Crippen LogP contribution in [0.15, 0.2) is 53.4 Å². The van der Waals surface area contributed by atoms with Crippen molar-refractivity contribution in [3.05, 3.63) is 69.7 Å². The van der Waals surface area contributed by atoms with E-state index in [0.29, 0.717) is 12.4 Å². The van der Waals surface area contributed by atoms with Crippen molar-refractivity contribution in [3.8, 4) is 23.0 Å². The zero-order valence-corrected chi connectivity index (χ0v) is 23.7. The first-order valence-electron chi connectivity index (χ1n) is 11.3. The van der Waals surface area contributed by atoms with Crippen LogP contribution < -0.4 is 23.7 Å². The van der Waals surface area contributed by atoms with Gasteiger partial charge in [-0.15, -0.1) is 0 Å². The van der Waals surface area contributed by atoms with E-state index in [1.165, 1.54) is 45.6 Å². The first-order chi connectivity index (χ1) is 18.5. The van der Waals surface area contributed by atoms with Crippen LogP contribution in [-0.4, -0.2) is 54.7 Å². The van der Waals surface area contributed by atoms with Crippen LogP contribution in [0.5, 0.6) is 23.0 Å². The van der Waals surface area contributed by atoms with Gasteiger partial charge in [-0.05, 0) is 55.5 Å². The maximum absolute atomic E-state index is 13.0. The van der Waals surface area contributed by atoms with Crippen LogP contribution in [0.3, 0.4) is 0 Å². The molecule has 208 valence electrons. The van der Waals surface area contributed by atoms with E-state index in [2.05, 4.69) is 4.72 Å². The van der Waals surface area contributed by atoms with E-state index in [1.54, 1.807) is 12.1 Å². The Balaban J connectivity index is 1.80. The van der Waals surface area contributed by atoms with Crippen LogP contribution in [0.25, 0.3) is 0 Å². The molecular formula is C26H25Cl2NO9S. The molecule has 0 aliphatic carbocycles. The normalized spacial score (nSPS) is 10.9. The third-order valence-electron chi connectivity index (χ3n) is 5.27. The number of esters is 1. The van der Waals surface area contributed by atoms with E-state index < -0.39 is 33.3 Å². The molecule has 13 heteroatoms. The van der Waals surface area contributed by atoms with Crippen molar-refractivity contribution in [2.45, 2.75) is 11.8 Å². The quantitative estimate of drug-likeness (QED) is 0.220. The van der Waals surface area contributed by atoms with E-state index >= 15 is 0 Å². The molecule has 0 bridgehead atoms. The molecule has 0 radical (unpaired) electrons. The number of sulfonamides is 1. The van der Waals surface area contributed by atoms with Gasteiger partial charge in [0.05, 0.1) is 43.5 Å². The van der Waals surface area contributed by atoms with E-state index in [1.807, 2.05) is 6.92 Å². The number of halogens is 2. The second kappa shape index (κ2) is 12.9. The predicted molar refractivity (Wildman–Crippen MR) is 146 cm³/mol. The topological polar surface area (TPSA) is 126 Å². The van der Waals surface area contributed by atoms with Gasteiger partial charge < -0.3 is 23.7 Å². The molecule has 0 aliphatic rings. The maximum atomic E-state index is 13.0. The van der Waals surface area contributed by atoms with Gasteiger partial charge in [-0.3, -0.25) is 9.52 Å². The van der Waals surface area contributed by atoms with Gasteiger partial charge in [-0.2, -0.15) is 0 Å². The fraction of sp³-hybridized carbons (Fsp3) is 0.231. The molecule has 1 N–H and O–H groups in total. The number of ether oxygens (including phenoxy) is 5. The molecule has 0 saturated carbocycles. The van der Waals surface area contributed by atoms with E-state index in [0.717, 1.165) is 12.1 Å². The average molecular weight is 598 g/mol. The fourth-order valence-electron chi connectivity index (χ4n) is 3.42. The van der Waals surface area contributed by atoms with E-state index in [4.69, 9.17) is 46.9 Å². The second-order valence-electron chi connectivity index (χ2n) is 7.74. The average Bonchev–Trinajstić information content (AvgIpc) is 2.91. The summed E-state index contributed by atoms with van der Waals surface area (Å²) in [6.45, 7) is 1.60. The molecule has 3 aromatic rings. The Labute approximate surface area is 235 Å². The summed E-state index contributed by atoms with van der Waals surface area (Å²) in [5, 5.41) is -0.381. The van der Waals surface area contributed by atoms with Gasteiger partial charge >= 0.3 is 5.97 Å². The van der Waals surface area contributed by atoms with Crippen molar-refractivity contribution in [3.63, 3.8) is 0 Å². The number of ketones is 1. The maximum Gasteiger partial charge on any atom is 0.340 e. The molecule has 0 amide bonds. The highest BCUT2D eigenvalue weighted by molar-refractivity contribution is 7.92. The predicted octanol–water partition coefficient (Wildman–Crippen LogP) is 5.26. The molecule has 0 saturated heterocycles. The minimum atomic E-state index is -4.23. The van der Waals surface area contributed by atoms with Crippen molar-refractivity contribution in [1.29, 1.82) is 0 Å². The molecule has 10 nitrogen and oxygen atoms in total. The summed E-state index contributed by atoms with van der Waals surface area (Å²) in [4.78, 5) is 25.1. The lowest BCUT2D eigenvalue weighted by Crippen LogP contribution is -2.17. The van der Waals surface area contributed by atoms with Crippen LogP contribution in [0.2, 0.25) is 10.0 Å². The zero-order chi connectivity index (χ0) is 28.7. The van der Waals surface area contributed by atoms with Gasteiger partial charge in [0.2, 0.25) is 11.5 Å². The number of anilines is 1. The van der Waals surface area contributed by atoms with Gasteiger partial charge in [0.1, 0.15) is 10.6 Å². The first-order valence-corrected chi connectivity index (χ1v) is 13.5. The van der Waals surface area contributed by atoms with Gasteiger partial charge in [-0.1, -0.05) is 23.2 Å². The van der Waals surface area contributed by atoms with Gasteiger partial charge in [-0.25, -0.2) is 13.2 Å². The Bertz CT molecular complexity index is 1450. The molecule has 0 heterocycles. The number of benzene rings is 3. The Morgan fingerprint density at radius 2 is 1.49 bits per heavy atom. The smallest absolute Gasteiger partial charge is 0.340 e. The lowest BCUT2D eigenvalue weighted by molar-refractivity contribution is 0.0474. The van der Waals surface area contributed by atoms with Crippen LogP contribution in [0.4, 0.5) is 5.69 Å². The van der Waals surface area contributed by atoms with E-state index in [9.17, 15) is 18.0 Å². The number of Topliss-reactive ketones (excluding diaryl/α,β-unsaturated/α-hetero) is 1. The largest absolute Gasteiger partial charge is 0.494 e. The second-order valence-corrected chi connectivity index (χ2v) is 10.2. The van der Waals surface area contributed by atoms with Crippen molar-refractivity contribution in [2.75, 3.05) is 39.3 Å². The summed E-state index contributed by atoms with van der Waals surface area (Å²) < 4.78 is 54.6. The van der Waals surface area contributed by atoms with Crippen LogP contribution in [0, 0.1) is 0 Å². The molecule has 0 spiro atoms. The molecule has 3 aromatic carbocycles. The Morgan fingerprint density at radius 3 is 2.03 bits per heavy atom. The summed E-state index contributed by atoms with van der Waals surface area (Å²) in [6.07, 6.45) is 0. The number of carbonyl (C=O) groups excluding carboxylic acids is 2. The zero-order valence-electron chi connectivity index (χ0n) is 21.4. The van der Waals surface area contributed by atoms with Crippen molar-refractivity contribution in [2.24, 2.45) is 0 Å². The molecule has 0 aromatic heterocycles. The molecule has 0 aliphatic heterocycles. The standard InChI is InChI=1S/C26H25Cl2NO9S/c1-5-37-17-8-6-16(7-9-17)29-39(32,33)24-12-18(19(27)13-20(24)28)26(31)38-14-21(30)15-10-22(34-2)25(36-4)23(11-15)35-3/h6-13,29H,5,14H2,1-4H3. The van der Waals surface area contributed by atoms with Crippen molar-refractivity contribution >= 4 is 50.7 Å². The van der Waals surface area contributed by atoms with E-state index in [-0.39, 0.29) is 44.1 Å². The van der Waals surface area contributed by atoms with Gasteiger partial charge in [0, 0.05) is 11.3 Å². The lowest BCUT2D eigenvalue weighted by Gasteiger charge is -2.14. The number of hydrogen-bond acceptors (Lipinski definition) is 9. The Morgan fingerprint density at radius 1 is 0.872 bits per heavy atom. The Kier molecular flexibility index (Phi) is 9.90.